The Labute approximate surface area is 178 Å². The Morgan fingerprint density at radius 2 is 1.90 bits per heavy atom. The summed E-state index contributed by atoms with van der Waals surface area (Å²) in [7, 11) is 0. The number of carbonyl (C=O) groups is 1. The van der Waals surface area contributed by atoms with E-state index in [1.165, 1.54) is 42.2 Å². The Morgan fingerprint density at radius 3 is 2.76 bits per heavy atom. The van der Waals surface area contributed by atoms with Gasteiger partial charge in [-0.15, -0.1) is 0 Å². The van der Waals surface area contributed by atoms with Crippen molar-refractivity contribution in [2.45, 2.75) is 37.3 Å². The van der Waals surface area contributed by atoms with Crippen LogP contribution in [0.4, 0.5) is 5.13 Å². The second-order valence-electron chi connectivity index (χ2n) is 7.50. The van der Waals surface area contributed by atoms with Gasteiger partial charge >= 0.3 is 0 Å². The number of carbonyl (C=O) groups excluding carboxylic acids is 1. The molecule has 0 N–H and O–H groups in total. The lowest BCUT2D eigenvalue weighted by atomic mass is 10.00. The van der Waals surface area contributed by atoms with Gasteiger partial charge in [-0.3, -0.25) is 4.79 Å². The van der Waals surface area contributed by atoms with Gasteiger partial charge in [-0.25, -0.2) is 9.97 Å². The SMILES string of the molecule is O=C(CSc1ncnc2nc(N3CCCCC3)sc12)N1CCc2ccccc2C1. The number of aromatic nitrogens is 3. The second-order valence-corrected chi connectivity index (χ2v) is 9.44. The minimum absolute atomic E-state index is 0.164. The zero-order chi connectivity index (χ0) is 19.6. The highest BCUT2D eigenvalue weighted by Crippen LogP contribution is 2.34. The van der Waals surface area contributed by atoms with Gasteiger partial charge in [0.25, 0.3) is 0 Å². The van der Waals surface area contributed by atoms with Crippen LogP contribution in [-0.4, -0.2) is 51.1 Å². The molecule has 6 nitrogen and oxygen atoms in total. The molecule has 1 saturated heterocycles. The lowest BCUT2D eigenvalue weighted by Gasteiger charge is -2.28. The number of nitrogens with zero attached hydrogens (tertiary/aromatic N) is 5. The molecule has 0 atom stereocenters. The minimum atomic E-state index is 0.164. The van der Waals surface area contributed by atoms with E-state index >= 15 is 0 Å². The molecule has 1 amide bonds. The van der Waals surface area contributed by atoms with Gasteiger partial charge in [0.15, 0.2) is 10.8 Å². The lowest BCUT2D eigenvalue weighted by molar-refractivity contribution is -0.129. The monoisotopic (exact) mass is 425 g/mol. The molecular weight excluding hydrogens is 402 g/mol. The third-order valence-corrected chi connectivity index (χ3v) is 7.81. The van der Waals surface area contributed by atoms with Crippen molar-refractivity contribution < 1.29 is 4.79 Å². The molecule has 0 bridgehead atoms. The van der Waals surface area contributed by atoms with E-state index in [1.54, 1.807) is 17.7 Å². The number of hydrogen-bond acceptors (Lipinski definition) is 7. The molecule has 4 heterocycles. The smallest absolute Gasteiger partial charge is 0.233 e. The van der Waals surface area contributed by atoms with Crippen LogP contribution in [0.25, 0.3) is 10.3 Å². The van der Waals surface area contributed by atoms with Crippen LogP contribution in [0, 0.1) is 0 Å². The summed E-state index contributed by atoms with van der Waals surface area (Å²) in [5.41, 5.74) is 3.36. The number of benzene rings is 1. The van der Waals surface area contributed by atoms with Gasteiger partial charge < -0.3 is 9.80 Å². The van der Waals surface area contributed by atoms with Crippen molar-refractivity contribution in [1.29, 1.82) is 0 Å². The molecule has 2 aromatic heterocycles. The number of hydrogen-bond donors (Lipinski definition) is 0. The largest absolute Gasteiger partial charge is 0.348 e. The third-order valence-electron chi connectivity index (χ3n) is 5.59. The lowest BCUT2D eigenvalue weighted by Crippen LogP contribution is -2.37. The third kappa shape index (κ3) is 3.96. The minimum Gasteiger partial charge on any atom is -0.348 e. The van der Waals surface area contributed by atoms with Gasteiger partial charge in [-0.05, 0) is 36.8 Å². The van der Waals surface area contributed by atoms with E-state index in [0.717, 1.165) is 46.6 Å². The molecule has 3 aromatic rings. The fraction of sp³-hybridized carbons (Fsp3) is 0.429. The number of anilines is 1. The first-order chi connectivity index (χ1) is 14.3. The van der Waals surface area contributed by atoms with Gasteiger partial charge in [0, 0.05) is 26.2 Å². The molecule has 5 rings (SSSR count). The molecule has 150 valence electrons. The Balaban J connectivity index is 1.28. The molecule has 8 heteroatoms. The van der Waals surface area contributed by atoms with Crippen LogP contribution >= 0.6 is 23.1 Å². The quantitative estimate of drug-likeness (QED) is 0.469. The van der Waals surface area contributed by atoms with Crippen LogP contribution in [0.5, 0.6) is 0 Å². The van der Waals surface area contributed by atoms with Crippen molar-refractivity contribution in [2.24, 2.45) is 0 Å². The summed E-state index contributed by atoms with van der Waals surface area (Å²) in [6, 6.07) is 8.39. The van der Waals surface area contributed by atoms with E-state index in [2.05, 4.69) is 33.1 Å². The average molecular weight is 426 g/mol. The number of amides is 1. The molecule has 0 radical (unpaired) electrons. The summed E-state index contributed by atoms with van der Waals surface area (Å²) in [6.07, 6.45) is 6.23. The van der Waals surface area contributed by atoms with Crippen molar-refractivity contribution in [1.82, 2.24) is 19.9 Å². The Bertz CT molecular complexity index is 1030. The normalized spacial score (nSPS) is 16.8. The summed E-state index contributed by atoms with van der Waals surface area (Å²) < 4.78 is 0.995. The summed E-state index contributed by atoms with van der Waals surface area (Å²) in [5.74, 6) is 0.558. The van der Waals surface area contributed by atoms with Gasteiger partial charge in [0.05, 0.1) is 5.75 Å². The van der Waals surface area contributed by atoms with Crippen LogP contribution in [0.2, 0.25) is 0 Å². The zero-order valence-electron chi connectivity index (χ0n) is 16.2. The van der Waals surface area contributed by atoms with Crippen LogP contribution < -0.4 is 4.90 Å². The van der Waals surface area contributed by atoms with Crippen LogP contribution in [-0.2, 0) is 17.8 Å². The van der Waals surface area contributed by atoms with E-state index in [-0.39, 0.29) is 5.91 Å². The first-order valence-corrected chi connectivity index (χ1v) is 11.9. The highest BCUT2D eigenvalue weighted by atomic mass is 32.2. The summed E-state index contributed by atoms with van der Waals surface area (Å²) >= 11 is 3.15. The van der Waals surface area contributed by atoms with Crippen molar-refractivity contribution in [3.63, 3.8) is 0 Å². The first kappa shape index (κ1) is 18.8. The maximum atomic E-state index is 12.8. The molecule has 1 fully saturated rings. The van der Waals surface area contributed by atoms with Gasteiger partial charge in [0.2, 0.25) is 5.91 Å². The zero-order valence-corrected chi connectivity index (χ0v) is 17.8. The van der Waals surface area contributed by atoms with Crippen molar-refractivity contribution in [3.05, 3.63) is 41.7 Å². The maximum Gasteiger partial charge on any atom is 0.233 e. The second kappa shape index (κ2) is 8.28. The average Bonchev–Trinajstić information content (AvgIpc) is 3.23. The molecule has 29 heavy (non-hydrogen) atoms. The van der Waals surface area contributed by atoms with Crippen molar-refractivity contribution in [2.75, 3.05) is 30.3 Å². The van der Waals surface area contributed by atoms with Gasteiger partial charge in [0.1, 0.15) is 16.1 Å². The summed E-state index contributed by atoms with van der Waals surface area (Å²) in [6.45, 7) is 3.61. The molecule has 1 aromatic carbocycles. The van der Waals surface area contributed by atoms with Crippen LogP contribution in [0.3, 0.4) is 0 Å². The Morgan fingerprint density at radius 1 is 1.07 bits per heavy atom. The number of rotatable bonds is 4. The van der Waals surface area contributed by atoms with Gasteiger partial charge in [-0.1, -0.05) is 47.4 Å². The molecule has 0 saturated carbocycles. The Hall–Kier alpha value is -2.19. The topological polar surface area (TPSA) is 62.2 Å². The highest BCUT2D eigenvalue weighted by molar-refractivity contribution is 8.00. The molecular formula is C21H23N5OS2. The maximum absolute atomic E-state index is 12.8. The summed E-state index contributed by atoms with van der Waals surface area (Å²) in [4.78, 5) is 30.6. The van der Waals surface area contributed by atoms with E-state index in [0.29, 0.717) is 12.3 Å². The number of piperidine rings is 1. The molecule has 0 spiro atoms. The van der Waals surface area contributed by atoms with Crippen molar-refractivity contribution in [3.8, 4) is 0 Å². The van der Waals surface area contributed by atoms with E-state index in [1.807, 2.05) is 11.0 Å². The highest BCUT2D eigenvalue weighted by Gasteiger charge is 2.22. The fourth-order valence-corrected chi connectivity index (χ4v) is 6.02. The van der Waals surface area contributed by atoms with Crippen LogP contribution in [0.15, 0.2) is 35.6 Å². The van der Waals surface area contributed by atoms with E-state index in [9.17, 15) is 4.79 Å². The van der Waals surface area contributed by atoms with E-state index < -0.39 is 0 Å². The molecule has 0 aliphatic carbocycles. The molecule has 2 aliphatic rings. The molecule has 0 unspecified atom stereocenters. The van der Waals surface area contributed by atoms with Gasteiger partial charge in [-0.2, -0.15) is 4.98 Å². The van der Waals surface area contributed by atoms with Crippen molar-refractivity contribution >= 4 is 44.5 Å². The fourth-order valence-electron chi connectivity index (χ4n) is 3.98. The summed E-state index contributed by atoms with van der Waals surface area (Å²) in [5, 5.41) is 1.89. The number of fused-ring (bicyclic) bond motifs is 2. The standard InChI is InChI=1S/C21H23N5OS2/c27-17(26-11-8-15-6-2-3-7-16(15)12-26)13-28-20-18-19(22-14-23-20)24-21(29-18)25-9-4-1-5-10-25/h2-3,6-7,14H,1,4-5,8-13H2. The molecule has 2 aliphatic heterocycles. The Kier molecular flexibility index (Phi) is 5.37. The predicted molar refractivity (Wildman–Crippen MR) is 118 cm³/mol. The first-order valence-electron chi connectivity index (χ1n) is 10.1. The number of thioether (sulfide) groups is 1. The number of thiazole rings is 1. The van der Waals surface area contributed by atoms with E-state index in [4.69, 9.17) is 4.98 Å². The van der Waals surface area contributed by atoms with Crippen LogP contribution in [0.1, 0.15) is 30.4 Å². The predicted octanol–water partition coefficient (Wildman–Crippen LogP) is 3.75.